The first kappa shape index (κ1) is 10.3. The zero-order valence-corrected chi connectivity index (χ0v) is 9.20. The predicted octanol–water partition coefficient (Wildman–Crippen LogP) is 2.56. The van der Waals surface area contributed by atoms with Gasteiger partial charge in [-0.15, -0.1) is 11.6 Å². The lowest BCUT2D eigenvalue weighted by Gasteiger charge is -2.12. The highest BCUT2D eigenvalue weighted by atomic mass is 35.5. The van der Waals surface area contributed by atoms with E-state index in [0.717, 1.165) is 5.69 Å². The molecule has 1 aliphatic heterocycles. The van der Waals surface area contributed by atoms with Gasteiger partial charge in [-0.05, 0) is 19.1 Å². The molecule has 1 saturated heterocycles. The average Bonchev–Trinajstić information content (AvgIpc) is 2.61. The number of nitrogens with zero attached hydrogens (tertiary/aromatic N) is 1. The van der Waals surface area contributed by atoms with Crippen molar-refractivity contribution in [1.82, 2.24) is 0 Å². The van der Waals surface area contributed by atoms with Gasteiger partial charge in [0.1, 0.15) is 6.10 Å². The number of carbonyl (C=O) groups is 1. The molecule has 0 aliphatic carbocycles. The minimum Gasteiger partial charge on any atom is -0.443 e. The Morgan fingerprint density at radius 2 is 2.13 bits per heavy atom. The zero-order chi connectivity index (χ0) is 10.8. The number of hydrogen-bond acceptors (Lipinski definition) is 2. The number of anilines is 1. The van der Waals surface area contributed by atoms with E-state index in [2.05, 4.69) is 0 Å². The van der Waals surface area contributed by atoms with Crippen LogP contribution in [0.2, 0.25) is 0 Å². The number of rotatable bonds is 2. The second-order valence-electron chi connectivity index (χ2n) is 3.61. The Hall–Kier alpha value is -1.22. The first-order chi connectivity index (χ1) is 7.20. The topological polar surface area (TPSA) is 29.5 Å². The van der Waals surface area contributed by atoms with E-state index in [9.17, 15) is 4.79 Å². The predicted molar refractivity (Wildman–Crippen MR) is 59.5 cm³/mol. The van der Waals surface area contributed by atoms with Crippen LogP contribution in [0.3, 0.4) is 0 Å². The second-order valence-corrected chi connectivity index (χ2v) is 3.91. The monoisotopic (exact) mass is 225 g/mol. The van der Waals surface area contributed by atoms with Crippen LogP contribution in [-0.4, -0.2) is 24.6 Å². The van der Waals surface area contributed by atoms with Crippen molar-refractivity contribution in [3.63, 3.8) is 0 Å². The van der Waals surface area contributed by atoms with Crippen molar-refractivity contribution in [1.29, 1.82) is 0 Å². The smallest absolute Gasteiger partial charge is 0.414 e. The number of aryl methyl sites for hydroxylation is 1. The molecule has 80 valence electrons. The third-order valence-electron chi connectivity index (χ3n) is 2.39. The molecule has 0 spiro atoms. The summed E-state index contributed by atoms with van der Waals surface area (Å²) in [6.45, 7) is 2.54. The summed E-state index contributed by atoms with van der Waals surface area (Å²) in [5.74, 6) is 0.341. The van der Waals surface area contributed by atoms with Gasteiger partial charge in [-0.25, -0.2) is 4.79 Å². The molecule has 15 heavy (non-hydrogen) atoms. The molecule has 0 radical (unpaired) electrons. The lowest BCUT2D eigenvalue weighted by atomic mass is 10.2. The molecule has 0 N–H and O–H groups in total. The van der Waals surface area contributed by atoms with Crippen LogP contribution in [0.1, 0.15) is 5.56 Å². The third-order valence-corrected chi connectivity index (χ3v) is 2.74. The van der Waals surface area contributed by atoms with Crippen molar-refractivity contribution in [2.24, 2.45) is 0 Å². The molecular formula is C11H12ClNO2. The van der Waals surface area contributed by atoms with Crippen molar-refractivity contribution in [2.45, 2.75) is 13.0 Å². The van der Waals surface area contributed by atoms with Crippen LogP contribution in [0, 0.1) is 6.92 Å². The summed E-state index contributed by atoms with van der Waals surface area (Å²) in [4.78, 5) is 13.1. The Morgan fingerprint density at radius 3 is 2.67 bits per heavy atom. The van der Waals surface area contributed by atoms with Gasteiger partial charge in [0, 0.05) is 5.69 Å². The van der Waals surface area contributed by atoms with E-state index < -0.39 is 0 Å². The van der Waals surface area contributed by atoms with Crippen LogP contribution in [0.4, 0.5) is 10.5 Å². The summed E-state index contributed by atoms with van der Waals surface area (Å²) < 4.78 is 5.06. The molecule has 1 aromatic rings. The average molecular weight is 226 g/mol. The lowest BCUT2D eigenvalue weighted by Crippen LogP contribution is -2.24. The SMILES string of the molecule is Cc1ccc(N2C[C@H](CCl)OC2=O)cc1. The summed E-state index contributed by atoms with van der Waals surface area (Å²) >= 11 is 5.65. The van der Waals surface area contributed by atoms with E-state index in [1.807, 2.05) is 31.2 Å². The van der Waals surface area contributed by atoms with Crippen molar-refractivity contribution < 1.29 is 9.53 Å². The highest BCUT2D eigenvalue weighted by Crippen LogP contribution is 2.22. The molecule has 1 heterocycles. The first-order valence-electron chi connectivity index (χ1n) is 4.81. The lowest BCUT2D eigenvalue weighted by molar-refractivity contribution is 0.151. The molecule has 4 heteroatoms. The Labute approximate surface area is 93.6 Å². The second kappa shape index (κ2) is 4.11. The summed E-state index contributed by atoms with van der Waals surface area (Å²) in [6.07, 6.45) is -0.509. The van der Waals surface area contributed by atoms with Crippen LogP contribution >= 0.6 is 11.6 Å². The number of cyclic esters (lactones) is 1. The molecule has 2 rings (SSSR count). The highest BCUT2D eigenvalue weighted by Gasteiger charge is 2.31. The molecule has 0 bridgehead atoms. The van der Waals surface area contributed by atoms with Gasteiger partial charge in [-0.2, -0.15) is 0 Å². The van der Waals surface area contributed by atoms with Crippen molar-refractivity contribution >= 4 is 23.4 Å². The Kier molecular flexibility index (Phi) is 2.82. The number of carbonyl (C=O) groups excluding carboxylic acids is 1. The van der Waals surface area contributed by atoms with Crippen LogP contribution in [-0.2, 0) is 4.74 Å². The van der Waals surface area contributed by atoms with E-state index in [1.165, 1.54) is 5.56 Å². The standard InChI is InChI=1S/C11H12ClNO2/c1-8-2-4-9(5-3-8)13-7-10(6-12)15-11(13)14/h2-5,10H,6-7H2,1H3/t10-/m0/s1. The van der Waals surface area contributed by atoms with Gasteiger partial charge in [0.2, 0.25) is 0 Å². The highest BCUT2D eigenvalue weighted by molar-refractivity contribution is 6.18. The van der Waals surface area contributed by atoms with Gasteiger partial charge in [0.25, 0.3) is 0 Å². The van der Waals surface area contributed by atoms with Gasteiger partial charge in [-0.1, -0.05) is 17.7 Å². The summed E-state index contributed by atoms with van der Waals surface area (Å²) in [5, 5.41) is 0. The Morgan fingerprint density at radius 1 is 1.47 bits per heavy atom. The maximum absolute atomic E-state index is 11.5. The largest absolute Gasteiger partial charge is 0.443 e. The minimum absolute atomic E-state index is 0.194. The summed E-state index contributed by atoms with van der Waals surface area (Å²) in [5.41, 5.74) is 2.03. The number of halogens is 1. The molecular weight excluding hydrogens is 214 g/mol. The summed E-state index contributed by atoms with van der Waals surface area (Å²) in [6, 6.07) is 7.76. The number of hydrogen-bond donors (Lipinski definition) is 0. The fourth-order valence-corrected chi connectivity index (χ4v) is 1.70. The van der Waals surface area contributed by atoms with E-state index in [1.54, 1.807) is 4.90 Å². The molecule has 1 fully saturated rings. The number of ether oxygens (including phenoxy) is 1. The maximum Gasteiger partial charge on any atom is 0.414 e. The summed E-state index contributed by atoms with van der Waals surface area (Å²) in [7, 11) is 0. The Bertz CT molecular complexity index is 363. The van der Waals surface area contributed by atoms with Gasteiger partial charge in [0.05, 0.1) is 12.4 Å². The normalized spacial score (nSPS) is 20.5. The van der Waals surface area contributed by atoms with Gasteiger partial charge in [-0.3, -0.25) is 4.90 Å². The van der Waals surface area contributed by atoms with Crippen LogP contribution in [0.25, 0.3) is 0 Å². The van der Waals surface area contributed by atoms with Crippen molar-refractivity contribution in [3.05, 3.63) is 29.8 Å². The van der Waals surface area contributed by atoms with Gasteiger partial charge < -0.3 is 4.74 Å². The quantitative estimate of drug-likeness (QED) is 0.724. The van der Waals surface area contributed by atoms with E-state index in [0.29, 0.717) is 12.4 Å². The molecule has 3 nitrogen and oxygen atoms in total. The van der Waals surface area contributed by atoms with Crippen molar-refractivity contribution in [3.8, 4) is 0 Å². The van der Waals surface area contributed by atoms with Gasteiger partial charge in [0.15, 0.2) is 0 Å². The van der Waals surface area contributed by atoms with E-state index >= 15 is 0 Å². The van der Waals surface area contributed by atoms with Crippen LogP contribution < -0.4 is 4.90 Å². The number of benzene rings is 1. The Balaban J connectivity index is 2.18. The molecule has 0 aromatic heterocycles. The molecule has 1 atom stereocenters. The molecule has 0 saturated carbocycles. The zero-order valence-electron chi connectivity index (χ0n) is 8.44. The molecule has 1 aliphatic rings. The van der Waals surface area contributed by atoms with Crippen molar-refractivity contribution in [2.75, 3.05) is 17.3 Å². The number of amides is 1. The molecule has 1 aromatic carbocycles. The fourth-order valence-electron chi connectivity index (χ4n) is 1.54. The van der Waals surface area contributed by atoms with E-state index in [4.69, 9.17) is 16.3 Å². The molecule has 1 amide bonds. The molecule has 0 unspecified atom stereocenters. The van der Waals surface area contributed by atoms with E-state index in [-0.39, 0.29) is 12.2 Å². The van der Waals surface area contributed by atoms with Crippen LogP contribution in [0.15, 0.2) is 24.3 Å². The minimum atomic E-state index is -0.315. The van der Waals surface area contributed by atoms with Gasteiger partial charge >= 0.3 is 6.09 Å². The maximum atomic E-state index is 11.5. The third kappa shape index (κ3) is 2.07. The first-order valence-corrected chi connectivity index (χ1v) is 5.35. The van der Waals surface area contributed by atoms with Crippen LogP contribution in [0.5, 0.6) is 0 Å². The number of alkyl halides is 1. The fraction of sp³-hybridized carbons (Fsp3) is 0.364.